The van der Waals surface area contributed by atoms with Gasteiger partial charge >= 0.3 is 0 Å². The average Bonchev–Trinajstić information content (AvgIpc) is 2.92. The Morgan fingerprint density at radius 1 is 1.37 bits per heavy atom. The molecule has 0 spiro atoms. The summed E-state index contributed by atoms with van der Waals surface area (Å²) < 4.78 is 27.4. The summed E-state index contributed by atoms with van der Waals surface area (Å²) in [4.78, 5) is 0.310. The van der Waals surface area contributed by atoms with Gasteiger partial charge in [-0.15, -0.1) is 0 Å². The second-order valence-electron chi connectivity index (χ2n) is 4.93. The molecule has 19 heavy (non-hydrogen) atoms. The summed E-state index contributed by atoms with van der Waals surface area (Å²) in [5.41, 5.74) is 6.41. The van der Waals surface area contributed by atoms with Gasteiger partial charge in [0.2, 0.25) is 10.0 Å². The van der Waals surface area contributed by atoms with Crippen molar-refractivity contribution in [1.82, 2.24) is 4.31 Å². The normalized spacial score (nSPS) is 17.3. The monoisotopic (exact) mass is 346 g/mol. The van der Waals surface area contributed by atoms with Gasteiger partial charge in [0.1, 0.15) is 0 Å². The lowest BCUT2D eigenvalue weighted by Crippen LogP contribution is -2.35. The molecule has 0 aliphatic heterocycles. The maximum absolute atomic E-state index is 12.7. The number of nitrogens with zero attached hydrogens (tertiary/aromatic N) is 1. The Morgan fingerprint density at radius 3 is 2.58 bits per heavy atom. The molecule has 1 aromatic carbocycles. The van der Waals surface area contributed by atoms with Crippen molar-refractivity contribution in [3.8, 4) is 0 Å². The first-order valence-electron chi connectivity index (χ1n) is 6.43. The highest BCUT2D eigenvalue weighted by Gasteiger charge is 2.31. The molecule has 0 aromatic heterocycles. The smallest absolute Gasteiger partial charge is 0.244 e. The van der Waals surface area contributed by atoms with Gasteiger partial charge in [-0.3, -0.25) is 0 Å². The Hall–Kier alpha value is -0.430. The predicted octanol–water partition coefficient (Wildman–Crippen LogP) is 2.47. The molecule has 0 unspecified atom stereocenters. The third-order valence-corrected chi connectivity index (χ3v) is 6.63. The van der Waals surface area contributed by atoms with E-state index in [1.54, 1.807) is 19.2 Å². The van der Waals surface area contributed by atoms with Gasteiger partial charge in [-0.25, -0.2) is 8.42 Å². The number of halogens is 1. The van der Waals surface area contributed by atoms with E-state index in [-0.39, 0.29) is 6.04 Å². The molecule has 0 amide bonds. The van der Waals surface area contributed by atoms with Crippen molar-refractivity contribution in [2.75, 3.05) is 7.05 Å². The summed E-state index contributed by atoms with van der Waals surface area (Å²) in [5.74, 6) is 0. The zero-order valence-electron chi connectivity index (χ0n) is 11.0. The van der Waals surface area contributed by atoms with E-state index in [2.05, 4.69) is 15.9 Å². The minimum Gasteiger partial charge on any atom is -0.326 e. The van der Waals surface area contributed by atoms with Crippen LogP contribution in [0.15, 0.2) is 27.6 Å². The van der Waals surface area contributed by atoms with Crippen LogP contribution >= 0.6 is 15.9 Å². The largest absolute Gasteiger partial charge is 0.326 e. The van der Waals surface area contributed by atoms with Gasteiger partial charge in [0.05, 0.1) is 4.90 Å². The lowest BCUT2D eigenvalue weighted by molar-refractivity contribution is 0.373. The number of benzene rings is 1. The van der Waals surface area contributed by atoms with Crippen molar-refractivity contribution in [2.45, 2.75) is 43.2 Å². The molecule has 1 saturated carbocycles. The van der Waals surface area contributed by atoms with Gasteiger partial charge in [-0.1, -0.05) is 18.9 Å². The number of sulfonamides is 1. The Labute approximate surface area is 123 Å². The van der Waals surface area contributed by atoms with Crippen LogP contribution in [0.1, 0.15) is 31.2 Å². The highest BCUT2D eigenvalue weighted by atomic mass is 79.9. The maximum Gasteiger partial charge on any atom is 0.244 e. The van der Waals surface area contributed by atoms with Gasteiger partial charge < -0.3 is 5.73 Å². The molecule has 0 saturated heterocycles. The van der Waals surface area contributed by atoms with Crippen LogP contribution in [-0.2, 0) is 16.6 Å². The van der Waals surface area contributed by atoms with Crippen molar-refractivity contribution < 1.29 is 8.42 Å². The topological polar surface area (TPSA) is 63.4 Å². The van der Waals surface area contributed by atoms with Crippen molar-refractivity contribution in [1.29, 1.82) is 0 Å². The van der Waals surface area contributed by atoms with Crippen LogP contribution < -0.4 is 5.73 Å². The fourth-order valence-corrected chi connectivity index (χ4v) is 4.88. The minimum absolute atomic E-state index is 0.124. The fourth-order valence-electron chi connectivity index (χ4n) is 2.49. The summed E-state index contributed by atoms with van der Waals surface area (Å²) in [6, 6.07) is 5.36. The summed E-state index contributed by atoms with van der Waals surface area (Å²) in [5, 5.41) is 0. The van der Waals surface area contributed by atoms with E-state index < -0.39 is 10.0 Å². The molecule has 1 aliphatic carbocycles. The highest BCUT2D eigenvalue weighted by Crippen LogP contribution is 2.30. The molecule has 4 nitrogen and oxygen atoms in total. The van der Waals surface area contributed by atoms with Gasteiger partial charge in [0.25, 0.3) is 0 Å². The van der Waals surface area contributed by atoms with Crippen molar-refractivity contribution in [2.24, 2.45) is 5.73 Å². The summed E-state index contributed by atoms with van der Waals surface area (Å²) in [7, 11) is -1.78. The quantitative estimate of drug-likeness (QED) is 0.910. The third kappa shape index (κ3) is 3.02. The van der Waals surface area contributed by atoms with Gasteiger partial charge in [-0.2, -0.15) is 4.31 Å². The number of rotatable bonds is 4. The van der Waals surface area contributed by atoms with Crippen LogP contribution in [0.25, 0.3) is 0 Å². The van der Waals surface area contributed by atoms with E-state index in [1.807, 2.05) is 6.07 Å². The van der Waals surface area contributed by atoms with Crippen molar-refractivity contribution in [3.05, 3.63) is 28.2 Å². The molecule has 1 aromatic rings. The van der Waals surface area contributed by atoms with Crippen LogP contribution in [0, 0.1) is 0 Å². The molecule has 1 aliphatic rings. The summed E-state index contributed by atoms with van der Waals surface area (Å²) >= 11 is 3.33. The van der Waals surface area contributed by atoms with E-state index in [0.717, 1.165) is 31.2 Å². The molecule has 0 heterocycles. The van der Waals surface area contributed by atoms with E-state index in [4.69, 9.17) is 5.73 Å². The van der Waals surface area contributed by atoms with Crippen LogP contribution in [0.4, 0.5) is 0 Å². The van der Waals surface area contributed by atoms with Crippen LogP contribution in [-0.4, -0.2) is 25.8 Å². The Kier molecular flexibility index (Phi) is 4.66. The molecular formula is C13H19BrN2O2S. The molecule has 1 fully saturated rings. The average molecular weight is 347 g/mol. The SMILES string of the molecule is CN(C1CCCC1)S(=O)(=O)c1cc(CN)ccc1Br. The zero-order valence-corrected chi connectivity index (χ0v) is 13.4. The zero-order chi connectivity index (χ0) is 14.0. The van der Waals surface area contributed by atoms with Crippen LogP contribution in [0.2, 0.25) is 0 Å². The predicted molar refractivity (Wildman–Crippen MR) is 79.2 cm³/mol. The number of hydrogen-bond donors (Lipinski definition) is 1. The first-order chi connectivity index (χ1) is 8.96. The van der Waals surface area contributed by atoms with Gasteiger partial charge in [-0.05, 0) is 46.5 Å². The van der Waals surface area contributed by atoms with Gasteiger partial charge in [0.15, 0.2) is 0 Å². The van der Waals surface area contributed by atoms with Crippen molar-refractivity contribution in [3.63, 3.8) is 0 Å². The molecule has 106 valence electrons. The molecule has 6 heteroatoms. The molecule has 2 rings (SSSR count). The lowest BCUT2D eigenvalue weighted by atomic mass is 10.2. The maximum atomic E-state index is 12.7. The Bertz CT molecular complexity index is 554. The number of hydrogen-bond acceptors (Lipinski definition) is 3. The second kappa shape index (κ2) is 5.91. The fraction of sp³-hybridized carbons (Fsp3) is 0.538. The third-order valence-electron chi connectivity index (χ3n) is 3.73. The van der Waals surface area contributed by atoms with Crippen LogP contribution in [0.3, 0.4) is 0 Å². The summed E-state index contributed by atoms with van der Waals surface area (Å²) in [6.45, 7) is 0.336. The van der Waals surface area contributed by atoms with E-state index in [0.29, 0.717) is 15.9 Å². The molecule has 0 atom stereocenters. The van der Waals surface area contributed by atoms with Gasteiger partial charge in [0, 0.05) is 24.1 Å². The van der Waals surface area contributed by atoms with E-state index in [1.165, 1.54) is 4.31 Å². The van der Waals surface area contributed by atoms with Crippen LogP contribution in [0.5, 0.6) is 0 Å². The first-order valence-corrected chi connectivity index (χ1v) is 8.66. The lowest BCUT2D eigenvalue weighted by Gasteiger charge is -2.24. The molecule has 0 radical (unpaired) electrons. The minimum atomic E-state index is -3.45. The Balaban J connectivity index is 2.38. The first kappa shape index (κ1) is 15.0. The van der Waals surface area contributed by atoms with E-state index >= 15 is 0 Å². The number of nitrogens with two attached hydrogens (primary N) is 1. The molecule has 2 N–H and O–H groups in total. The van der Waals surface area contributed by atoms with E-state index in [9.17, 15) is 8.42 Å². The van der Waals surface area contributed by atoms with Crippen molar-refractivity contribution >= 4 is 26.0 Å². The molecular weight excluding hydrogens is 328 g/mol. The molecule has 0 bridgehead atoms. The summed E-state index contributed by atoms with van der Waals surface area (Å²) in [6.07, 6.45) is 4.11. The highest BCUT2D eigenvalue weighted by molar-refractivity contribution is 9.10. The standard InChI is InChI=1S/C13H19BrN2O2S/c1-16(11-4-2-3-5-11)19(17,18)13-8-10(9-15)6-7-12(13)14/h6-8,11H,2-5,9,15H2,1H3. The Morgan fingerprint density at radius 2 is 2.00 bits per heavy atom. The second-order valence-corrected chi connectivity index (χ2v) is 7.75.